The predicted molar refractivity (Wildman–Crippen MR) is 62.9 cm³/mol. The smallest absolute Gasteiger partial charge is 0.341 e. The maximum Gasteiger partial charge on any atom is 0.341 e. The summed E-state index contributed by atoms with van der Waals surface area (Å²) in [5.74, 6) is -0.0314. The van der Waals surface area contributed by atoms with Crippen LogP contribution in [0.1, 0.15) is 35.2 Å². The first-order chi connectivity index (χ1) is 7.74. The van der Waals surface area contributed by atoms with Gasteiger partial charge in [0.2, 0.25) is 0 Å². The third-order valence-electron chi connectivity index (χ3n) is 2.70. The zero-order valence-electron chi connectivity index (χ0n) is 9.19. The van der Waals surface area contributed by atoms with E-state index in [1.54, 1.807) is 6.92 Å². The fourth-order valence-electron chi connectivity index (χ4n) is 1.89. The molecule has 2 rings (SSSR count). The molecule has 0 bridgehead atoms. The predicted octanol–water partition coefficient (Wildman–Crippen LogP) is 2.01. The summed E-state index contributed by atoms with van der Waals surface area (Å²) >= 11 is 1.39. The lowest BCUT2D eigenvalue weighted by Gasteiger charge is -2.09. The normalized spacial score (nSPS) is 19.9. The Morgan fingerprint density at radius 2 is 2.56 bits per heavy atom. The van der Waals surface area contributed by atoms with Crippen molar-refractivity contribution in [3.05, 3.63) is 16.5 Å². The number of hydrogen-bond acceptors (Lipinski definition) is 5. The Balaban J connectivity index is 2.27. The van der Waals surface area contributed by atoms with Gasteiger partial charge in [0.05, 0.1) is 18.8 Å². The number of carbonyl (C=O) groups is 1. The van der Waals surface area contributed by atoms with Crippen LogP contribution in [0.5, 0.6) is 0 Å². The number of nitrogen functional groups attached to an aromatic ring is 1. The second-order valence-electron chi connectivity index (χ2n) is 3.71. The topological polar surface area (TPSA) is 61.5 Å². The highest BCUT2D eigenvalue weighted by Crippen LogP contribution is 2.35. The molecule has 0 radical (unpaired) electrons. The van der Waals surface area contributed by atoms with Crippen molar-refractivity contribution in [2.45, 2.75) is 19.3 Å². The van der Waals surface area contributed by atoms with Gasteiger partial charge in [-0.2, -0.15) is 0 Å². The molecule has 16 heavy (non-hydrogen) atoms. The summed E-state index contributed by atoms with van der Waals surface area (Å²) in [5, 5.41) is 2.49. The first-order valence-corrected chi connectivity index (χ1v) is 6.23. The van der Waals surface area contributed by atoms with Gasteiger partial charge in [-0.3, -0.25) is 0 Å². The Morgan fingerprint density at radius 3 is 3.19 bits per heavy atom. The standard InChI is InChI=1S/C11H15NO3S/c1-2-15-11(13)9-8(6-16-10(9)12)7-3-4-14-5-7/h6-7H,2-5,12H2,1H3. The van der Waals surface area contributed by atoms with Gasteiger partial charge in [-0.05, 0) is 24.3 Å². The molecule has 1 aromatic rings. The van der Waals surface area contributed by atoms with E-state index in [1.165, 1.54) is 11.3 Å². The number of thiophene rings is 1. The molecule has 2 heterocycles. The molecule has 0 spiro atoms. The van der Waals surface area contributed by atoms with E-state index in [-0.39, 0.29) is 11.9 Å². The minimum absolute atomic E-state index is 0.285. The van der Waals surface area contributed by atoms with Gasteiger partial charge in [0.15, 0.2) is 0 Å². The second kappa shape index (κ2) is 4.84. The van der Waals surface area contributed by atoms with Crippen LogP contribution in [-0.4, -0.2) is 25.8 Å². The SMILES string of the molecule is CCOC(=O)c1c(C2CCOC2)csc1N. The Hall–Kier alpha value is -1.07. The van der Waals surface area contributed by atoms with Crippen molar-refractivity contribution in [1.29, 1.82) is 0 Å². The molecule has 1 atom stereocenters. The number of hydrogen-bond donors (Lipinski definition) is 1. The molecule has 1 aliphatic rings. The van der Waals surface area contributed by atoms with Crippen molar-refractivity contribution >= 4 is 22.3 Å². The zero-order chi connectivity index (χ0) is 11.5. The summed E-state index contributed by atoms with van der Waals surface area (Å²) in [6.45, 7) is 3.58. The summed E-state index contributed by atoms with van der Waals surface area (Å²) < 4.78 is 10.3. The Labute approximate surface area is 98.3 Å². The van der Waals surface area contributed by atoms with Crippen molar-refractivity contribution in [3.63, 3.8) is 0 Å². The molecule has 1 aliphatic heterocycles. The molecule has 0 aromatic carbocycles. The first-order valence-electron chi connectivity index (χ1n) is 5.35. The summed E-state index contributed by atoms with van der Waals surface area (Å²) in [5.41, 5.74) is 7.35. The van der Waals surface area contributed by atoms with E-state index in [0.717, 1.165) is 18.6 Å². The Kier molecular flexibility index (Phi) is 3.46. The van der Waals surface area contributed by atoms with Crippen molar-refractivity contribution in [2.75, 3.05) is 25.6 Å². The van der Waals surface area contributed by atoms with Crippen LogP contribution in [0.4, 0.5) is 5.00 Å². The zero-order valence-corrected chi connectivity index (χ0v) is 10.0. The van der Waals surface area contributed by atoms with Gasteiger partial charge >= 0.3 is 5.97 Å². The average Bonchev–Trinajstić information content (AvgIpc) is 2.86. The fourth-order valence-corrected chi connectivity index (χ4v) is 2.77. The van der Waals surface area contributed by atoms with Crippen LogP contribution in [0, 0.1) is 0 Å². The molecule has 0 aliphatic carbocycles. The lowest BCUT2D eigenvalue weighted by Crippen LogP contribution is -2.11. The van der Waals surface area contributed by atoms with E-state index in [4.69, 9.17) is 15.2 Å². The molecule has 5 heteroatoms. The molecule has 1 unspecified atom stereocenters. The van der Waals surface area contributed by atoms with Gasteiger partial charge in [-0.15, -0.1) is 11.3 Å². The third-order valence-corrected chi connectivity index (χ3v) is 3.53. The van der Waals surface area contributed by atoms with Gasteiger partial charge in [0.1, 0.15) is 5.00 Å². The van der Waals surface area contributed by atoms with Crippen molar-refractivity contribution in [2.24, 2.45) is 0 Å². The highest BCUT2D eigenvalue weighted by Gasteiger charge is 2.27. The molecular formula is C11H15NO3S. The Morgan fingerprint density at radius 1 is 1.75 bits per heavy atom. The van der Waals surface area contributed by atoms with Crippen LogP contribution in [0.25, 0.3) is 0 Å². The summed E-state index contributed by atoms with van der Waals surface area (Å²) in [7, 11) is 0. The third kappa shape index (κ3) is 2.05. The van der Waals surface area contributed by atoms with E-state index in [0.29, 0.717) is 23.8 Å². The van der Waals surface area contributed by atoms with Gasteiger partial charge in [0.25, 0.3) is 0 Å². The average molecular weight is 241 g/mol. The molecule has 88 valence electrons. The number of ether oxygens (including phenoxy) is 2. The van der Waals surface area contributed by atoms with Gasteiger partial charge < -0.3 is 15.2 Å². The molecule has 1 fully saturated rings. The van der Waals surface area contributed by atoms with Crippen LogP contribution in [0.2, 0.25) is 0 Å². The van der Waals surface area contributed by atoms with Gasteiger partial charge in [-0.1, -0.05) is 0 Å². The Bertz CT molecular complexity index is 383. The summed E-state index contributed by atoms with van der Waals surface area (Å²) in [6.07, 6.45) is 0.947. The lowest BCUT2D eigenvalue weighted by atomic mass is 9.97. The van der Waals surface area contributed by atoms with Crippen LogP contribution in [0.15, 0.2) is 5.38 Å². The minimum atomic E-state index is -0.317. The van der Waals surface area contributed by atoms with E-state index in [2.05, 4.69) is 0 Å². The number of nitrogens with two attached hydrogens (primary N) is 1. The summed E-state index contributed by atoms with van der Waals surface area (Å²) in [4.78, 5) is 11.8. The van der Waals surface area contributed by atoms with Crippen LogP contribution in [0.3, 0.4) is 0 Å². The number of anilines is 1. The van der Waals surface area contributed by atoms with E-state index in [1.807, 2.05) is 5.38 Å². The minimum Gasteiger partial charge on any atom is -0.462 e. The fraction of sp³-hybridized carbons (Fsp3) is 0.545. The number of esters is 1. The molecule has 1 saturated heterocycles. The first kappa shape index (κ1) is 11.4. The maximum atomic E-state index is 11.8. The second-order valence-corrected chi connectivity index (χ2v) is 4.62. The van der Waals surface area contributed by atoms with Crippen LogP contribution < -0.4 is 5.73 Å². The van der Waals surface area contributed by atoms with Crippen molar-refractivity contribution < 1.29 is 14.3 Å². The van der Waals surface area contributed by atoms with Crippen molar-refractivity contribution in [3.8, 4) is 0 Å². The lowest BCUT2D eigenvalue weighted by molar-refractivity contribution is 0.0526. The molecule has 0 amide bonds. The van der Waals surface area contributed by atoms with E-state index < -0.39 is 0 Å². The molecule has 2 N–H and O–H groups in total. The molecular weight excluding hydrogens is 226 g/mol. The number of rotatable bonds is 3. The largest absolute Gasteiger partial charge is 0.462 e. The highest BCUT2D eigenvalue weighted by molar-refractivity contribution is 7.14. The molecule has 1 aromatic heterocycles. The van der Waals surface area contributed by atoms with Crippen LogP contribution >= 0.6 is 11.3 Å². The van der Waals surface area contributed by atoms with E-state index in [9.17, 15) is 4.79 Å². The quantitative estimate of drug-likeness (QED) is 0.822. The van der Waals surface area contributed by atoms with Crippen molar-refractivity contribution in [1.82, 2.24) is 0 Å². The molecule has 4 nitrogen and oxygen atoms in total. The highest BCUT2D eigenvalue weighted by atomic mass is 32.1. The van der Waals surface area contributed by atoms with E-state index >= 15 is 0 Å². The monoisotopic (exact) mass is 241 g/mol. The van der Waals surface area contributed by atoms with Gasteiger partial charge in [0, 0.05) is 12.5 Å². The maximum absolute atomic E-state index is 11.8. The summed E-state index contributed by atoms with van der Waals surface area (Å²) in [6, 6.07) is 0. The van der Waals surface area contributed by atoms with Crippen LogP contribution in [-0.2, 0) is 9.47 Å². The van der Waals surface area contributed by atoms with Gasteiger partial charge in [-0.25, -0.2) is 4.79 Å². The molecule has 0 saturated carbocycles. The number of carbonyl (C=O) groups excluding carboxylic acids is 1.